The van der Waals surface area contributed by atoms with Crippen molar-refractivity contribution in [2.75, 3.05) is 6.26 Å². The molecule has 0 aliphatic heterocycles. The minimum Gasteiger partial charge on any atom is -0.295 e. The molecule has 3 aromatic heterocycles. The third-order valence-corrected chi connectivity index (χ3v) is 5.77. The Morgan fingerprint density at radius 3 is 2.60 bits per heavy atom. The Labute approximate surface area is 180 Å². The highest BCUT2D eigenvalue weighted by molar-refractivity contribution is 7.98. The number of nitrogens with one attached hydrogen (secondary N) is 1. The third kappa shape index (κ3) is 2.88. The summed E-state index contributed by atoms with van der Waals surface area (Å²) in [6, 6.07) is 17.1. The smallest absolute Gasteiger partial charge is 0.295 e. The van der Waals surface area contributed by atoms with Crippen molar-refractivity contribution in [3.05, 3.63) is 75.8 Å². The van der Waals surface area contributed by atoms with Crippen LogP contribution in [-0.4, -0.2) is 31.1 Å². The summed E-state index contributed by atoms with van der Waals surface area (Å²) in [6.07, 6.45) is 1.85. The third-order valence-electron chi connectivity index (χ3n) is 4.85. The lowest BCUT2D eigenvalue weighted by atomic mass is 10.2. The second kappa shape index (κ2) is 7.23. The molecule has 0 bridgehead atoms. The number of H-pyrrole nitrogens is 1. The SMILES string of the molecule is CSc1n[n+]2c(-c3c(C)nn(-c4ccccc4)c3Cl)nc3ccccc3c2c(=O)[nH]1. The molecule has 0 spiro atoms. The number of hydrogen-bond donors (Lipinski definition) is 1. The van der Waals surface area contributed by atoms with Gasteiger partial charge in [-0.2, -0.15) is 5.10 Å². The number of hydrogen-bond acceptors (Lipinski definition) is 5. The second-order valence-electron chi connectivity index (χ2n) is 6.67. The van der Waals surface area contributed by atoms with Crippen molar-refractivity contribution in [2.24, 2.45) is 0 Å². The van der Waals surface area contributed by atoms with E-state index in [1.165, 1.54) is 11.8 Å². The molecule has 0 fully saturated rings. The number of aromatic nitrogens is 6. The summed E-state index contributed by atoms with van der Waals surface area (Å²) in [5, 5.41) is 10.8. The van der Waals surface area contributed by atoms with Gasteiger partial charge in [-0.05, 0) is 42.4 Å². The van der Waals surface area contributed by atoms with Crippen LogP contribution in [0.4, 0.5) is 0 Å². The van der Waals surface area contributed by atoms with Crippen molar-refractivity contribution in [1.82, 2.24) is 24.8 Å². The average Bonchev–Trinajstić information content (AvgIpc) is 3.07. The Bertz CT molecular complexity index is 1480. The number of rotatable bonds is 3. The van der Waals surface area contributed by atoms with Crippen LogP contribution in [0.1, 0.15) is 5.69 Å². The van der Waals surface area contributed by atoms with Gasteiger partial charge >= 0.3 is 11.4 Å². The molecule has 0 aliphatic rings. The molecular weight excluding hydrogens is 420 g/mol. The van der Waals surface area contributed by atoms with E-state index in [9.17, 15) is 4.79 Å². The molecule has 0 saturated heterocycles. The zero-order valence-corrected chi connectivity index (χ0v) is 17.7. The Morgan fingerprint density at radius 1 is 1.10 bits per heavy atom. The van der Waals surface area contributed by atoms with Crippen molar-refractivity contribution >= 4 is 39.8 Å². The van der Waals surface area contributed by atoms with Gasteiger partial charge in [-0.3, -0.25) is 9.78 Å². The standard InChI is InChI=1S/C21H15ClN6OS/c1-12-16(18(22)27(25-12)13-8-4-3-5-9-13)19-23-15-11-7-6-10-14(15)17-20(29)24-21(30-2)26-28(17)19/h3-11H,1-2H3/p+1. The van der Waals surface area contributed by atoms with Gasteiger partial charge in [0, 0.05) is 0 Å². The number of benzene rings is 2. The van der Waals surface area contributed by atoms with E-state index in [0.717, 1.165) is 5.69 Å². The van der Waals surface area contributed by atoms with E-state index in [0.29, 0.717) is 43.8 Å². The molecule has 0 unspecified atom stereocenters. The van der Waals surface area contributed by atoms with Gasteiger partial charge in [0.25, 0.3) is 0 Å². The predicted octanol–water partition coefficient (Wildman–Crippen LogP) is 3.59. The molecule has 5 rings (SSSR count). The molecule has 7 nitrogen and oxygen atoms in total. The minimum atomic E-state index is -0.238. The monoisotopic (exact) mass is 435 g/mol. The van der Waals surface area contributed by atoms with Crippen LogP contribution in [0.2, 0.25) is 5.15 Å². The number of halogens is 1. The zero-order valence-electron chi connectivity index (χ0n) is 16.1. The Kier molecular flexibility index (Phi) is 4.52. The van der Waals surface area contributed by atoms with Crippen molar-refractivity contribution in [2.45, 2.75) is 12.1 Å². The van der Waals surface area contributed by atoms with Crippen LogP contribution in [-0.2, 0) is 0 Å². The van der Waals surface area contributed by atoms with Crippen LogP contribution in [0.25, 0.3) is 33.5 Å². The summed E-state index contributed by atoms with van der Waals surface area (Å²) in [5.41, 5.74) is 3.01. The van der Waals surface area contributed by atoms with E-state index in [-0.39, 0.29) is 5.56 Å². The van der Waals surface area contributed by atoms with Crippen molar-refractivity contribution in [3.63, 3.8) is 0 Å². The van der Waals surface area contributed by atoms with Crippen LogP contribution < -0.4 is 10.1 Å². The summed E-state index contributed by atoms with van der Waals surface area (Å²) >= 11 is 8.14. The maximum Gasteiger partial charge on any atom is 0.362 e. The van der Waals surface area contributed by atoms with Gasteiger partial charge in [0.1, 0.15) is 10.7 Å². The number of para-hydroxylation sites is 2. The van der Waals surface area contributed by atoms with E-state index in [2.05, 4.69) is 15.2 Å². The molecular formula is C21H16ClN6OS+. The van der Waals surface area contributed by atoms with Crippen LogP contribution in [0, 0.1) is 6.92 Å². The molecule has 0 radical (unpaired) electrons. The van der Waals surface area contributed by atoms with E-state index in [4.69, 9.17) is 16.6 Å². The molecule has 1 N–H and O–H groups in total. The van der Waals surface area contributed by atoms with Crippen LogP contribution >= 0.6 is 23.4 Å². The molecule has 30 heavy (non-hydrogen) atoms. The Hall–Kier alpha value is -3.23. The van der Waals surface area contributed by atoms with Crippen molar-refractivity contribution in [1.29, 1.82) is 0 Å². The first kappa shape index (κ1) is 18.8. The maximum absolute atomic E-state index is 12.9. The van der Waals surface area contributed by atoms with E-state index in [1.807, 2.05) is 67.8 Å². The van der Waals surface area contributed by atoms with E-state index in [1.54, 1.807) is 9.20 Å². The molecule has 0 saturated carbocycles. The van der Waals surface area contributed by atoms with E-state index >= 15 is 0 Å². The van der Waals surface area contributed by atoms with Gasteiger partial charge in [-0.15, -0.1) is 0 Å². The largest absolute Gasteiger partial charge is 0.362 e. The molecule has 9 heteroatoms. The number of thioether (sulfide) groups is 1. The molecule has 2 aromatic carbocycles. The fourth-order valence-electron chi connectivity index (χ4n) is 3.49. The van der Waals surface area contributed by atoms with Gasteiger partial charge in [0.05, 0.1) is 16.8 Å². The molecule has 5 aromatic rings. The summed E-state index contributed by atoms with van der Waals surface area (Å²) in [7, 11) is 0. The summed E-state index contributed by atoms with van der Waals surface area (Å²) in [5.74, 6) is 0.467. The van der Waals surface area contributed by atoms with Crippen LogP contribution in [0.5, 0.6) is 0 Å². The van der Waals surface area contributed by atoms with Gasteiger partial charge in [0.15, 0.2) is 5.52 Å². The minimum absolute atomic E-state index is 0.238. The fraction of sp³-hybridized carbons (Fsp3) is 0.0952. The number of aryl methyl sites for hydroxylation is 1. The highest BCUT2D eigenvalue weighted by atomic mass is 35.5. The fourth-order valence-corrected chi connectivity index (χ4v) is 4.20. The Morgan fingerprint density at radius 2 is 1.83 bits per heavy atom. The summed E-state index contributed by atoms with van der Waals surface area (Å²) in [6.45, 7) is 1.87. The first-order chi connectivity index (χ1) is 14.6. The lowest BCUT2D eigenvalue weighted by Gasteiger charge is -2.04. The lowest BCUT2D eigenvalue weighted by Crippen LogP contribution is -2.38. The number of nitrogens with zero attached hydrogens (tertiary/aromatic N) is 5. The summed E-state index contributed by atoms with van der Waals surface area (Å²) in [4.78, 5) is 20.6. The normalized spacial score (nSPS) is 11.4. The Balaban J connectivity index is 1.91. The highest BCUT2D eigenvalue weighted by Crippen LogP contribution is 2.31. The van der Waals surface area contributed by atoms with Gasteiger partial charge in [-0.25, -0.2) is 4.68 Å². The number of aromatic amines is 1. The first-order valence-corrected chi connectivity index (χ1v) is 10.8. The van der Waals surface area contributed by atoms with Crippen LogP contribution in [0.15, 0.2) is 64.5 Å². The first-order valence-electron chi connectivity index (χ1n) is 9.18. The lowest BCUT2D eigenvalue weighted by molar-refractivity contribution is -0.577. The molecule has 148 valence electrons. The topological polar surface area (TPSA) is 80.6 Å². The molecule has 0 aliphatic carbocycles. The van der Waals surface area contributed by atoms with Crippen LogP contribution in [0.3, 0.4) is 0 Å². The molecule has 3 heterocycles. The summed E-state index contributed by atoms with van der Waals surface area (Å²) < 4.78 is 3.23. The number of fused-ring (bicyclic) bond motifs is 3. The quantitative estimate of drug-likeness (QED) is 0.266. The van der Waals surface area contributed by atoms with E-state index < -0.39 is 0 Å². The molecule has 0 amide bonds. The predicted molar refractivity (Wildman–Crippen MR) is 117 cm³/mol. The highest BCUT2D eigenvalue weighted by Gasteiger charge is 2.30. The second-order valence-corrected chi connectivity index (χ2v) is 7.83. The van der Waals surface area contributed by atoms with Gasteiger partial charge in [0.2, 0.25) is 10.7 Å². The average molecular weight is 436 g/mol. The van der Waals surface area contributed by atoms with Crippen molar-refractivity contribution < 1.29 is 4.52 Å². The van der Waals surface area contributed by atoms with Gasteiger partial charge in [-0.1, -0.05) is 63.3 Å². The van der Waals surface area contributed by atoms with Crippen molar-refractivity contribution in [3.8, 4) is 17.1 Å². The van der Waals surface area contributed by atoms with Gasteiger partial charge < -0.3 is 0 Å². The zero-order chi connectivity index (χ0) is 20.8. The maximum atomic E-state index is 12.9. The molecule has 0 atom stereocenters.